The van der Waals surface area contributed by atoms with E-state index >= 15 is 0 Å². The fourth-order valence-corrected chi connectivity index (χ4v) is 8.42. The molecule has 0 fully saturated rings. The van der Waals surface area contributed by atoms with Gasteiger partial charge in [0.15, 0.2) is 0 Å². The summed E-state index contributed by atoms with van der Waals surface area (Å²) in [4.78, 5) is 29.1. The molecule has 302 valence electrons. The van der Waals surface area contributed by atoms with Gasteiger partial charge < -0.3 is 19.3 Å². The maximum absolute atomic E-state index is 12.3. The Kier molecular flexibility index (Phi) is 11.3. The molecule has 0 aliphatic heterocycles. The lowest BCUT2D eigenvalue weighted by molar-refractivity contribution is -0.140. The quantitative estimate of drug-likeness (QED) is 0.0905. The van der Waals surface area contributed by atoms with Crippen molar-refractivity contribution in [2.24, 2.45) is 0 Å². The second kappa shape index (κ2) is 17.7. The van der Waals surface area contributed by atoms with Crippen LogP contribution in [0.1, 0.15) is 11.1 Å². The van der Waals surface area contributed by atoms with E-state index in [1.54, 1.807) is 0 Å². The first-order valence-corrected chi connectivity index (χ1v) is 20.7. The number of benzene rings is 9. The molecule has 0 aliphatic carbocycles. The number of anilines is 6. The lowest BCUT2D eigenvalue weighted by Crippen LogP contribution is -2.12. The van der Waals surface area contributed by atoms with Gasteiger partial charge in [0.05, 0.1) is 32.7 Å². The summed E-state index contributed by atoms with van der Waals surface area (Å²) in [5.41, 5.74) is 12.2. The van der Waals surface area contributed by atoms with Crippen LogP contribution in [0.4, 0.5) is 34.1 Å². The van der Waals surface area contributed by atoms with Crippen LogP contribution in [-0.4, -0.2) is 26.2 Å². The zero-order chi connectivity index (χ0) is 42.4. The molecule has 0 bridgehead atoms. The smallest absolute Gasteiger partial charge is 0.309 e. The fraction of sp³-hybridized carbons (Fsp3) is 0.0714. The average Bonchev–Trinajstić information content (AvgIpc) is 3.33. The van der Waals surface area contributed by atoms with E-state index in [1.807, 2.05) is 42.5 Å². The number of esters is 2. The molecule has 0 radical (unpaired) electrons. The van der Waals surface area contributed by atoms with Crippen molar-refractivity contribution in [3.63, 3.8) is 0 Å². The van der Waals surface area contributed by atoms with Crippen molar-refractivity contribution < 1.29 is 19.1 Å². The molecule has 9 aromatic carbocycles. The average molecular weight is 809 g/mol. The van der Waals surface area contributed by atoms with Gasteiger partial charge in [-0.25, -0.2) is 0 Å². The molecule has 0 atom stereocenters. The van der Waals surface area contributed by atoms with Crippen molar-refractivity contribution in [2.75, 3.05) is 24.0 Å². The minimum atomic E-state index is -0.280. The Morgan fingerprint density at radius 2 is 0.742 bits per heavy atom. The Balaban J connectivity index is 1.29. The highest BCUT2D eigenvalue weighted by Gasteiger charge is 2.24. The van der Waals surface area contributed by atoms with Gasteiger partial charge in [0.2, 0.25) is 0 Å². The summed E-state index contributed by atoms with van der Waals surface area (Å²) in [6.07, 6.45) is 0.394. The van der Waals surface area contributed by atoms with E-state index in [0.29, 0.717) is 0 Å². The third-order valence-corrected chi connectivity index (χ3v) is 11.3. The second-order valence-electron chi connectivity index (χ2n) is 15.1. The largest absolute Gasteiger partial charge is 0.469 e. The first-order valence-electron chi connectivity index (χ1n) is 20.7. The number of fused-ring (bicyclic) bond motifs is 2. The van der Waals surface area contributed by atoms with Crippen LogP contribution in [0.3, 0.4) is 0 Å². The molecule has 0 unspecified atom stereocenters. The molecule has 6 heteroatoms. The predicted molar refractivity (Wildman–Crippen MR) is 253 cm³/mol. The van der Waals surface area contributed by atoms with Gasteiger partial charge in [-0.3, -0.25) is 9.59 Å². The zero-order valence-electron chi connectivity index (χ0n) is 34.6. The second-order valence-corrected chi connectivity index (χ2v) is 15.1. The molecule has 0 amide bonds. The third kappa shape index (κ3) is 7.89. The van der Waals surface area contributed by atoms with Gasteiger partial charge in [0, 0.05) is 33.8 Å². The van der Waals surface area contributed by atoms with Crippen LogP contribution in [0.5, 0.6) is 0 Å². The van der Waals surface area contributed by atoms with Crippen LogP contribution < -0.4 is 9.80 Å². The van der Waals surface area contributed by atoms with Crippen LogP contribution in [-0.2, 0) is 31.9 Å². The van der Waals surface area contributed by atoms with Gasteiger partial charge in [-0.05, 0) is 116 Å². The van der Waals surface area contributed by atoms with Crippen LogP contribution in [0.2, 0.25) is 0 Å². The molecule has 0 N–H and O–H groups in total. The summed E-state index contributed by atoms with van der Waals surface area (Å²) in [6.45, 7) is 0. The van der Waals surface area contributed by atoms with E-state index in [1.165, 1.54) is 14.2 Å². The molecule has 0 saturated heterocycles. The summed E-state index contributed by atoms with van der Waals surface area (Å²) < 4.78 is 9.96. The Labute approximate surface area is 361 Å². The van der Waals surface area contributed by atoms with Crippen LogP contribution in [0.15, 0.2) is 206 Å². The Morgan fingerprint density at radius 1 is 0.371 bits per heavy atom. The number of nitrogens with zero attached hydrogens (tertiary/aromatic N) is 2. The Hall–Kier alpha value is -7.96. The summed E-state index contributed by atoms with van der Waals surface area (Å²) in [6, 6.07) is 71.7. The van der Waals surface area contributed by atoms with E-state index in [0.717, 1.165) is 89.0 Å². The third-order valence-electron chi connectivity index (χ3n) is 11.3. The highest BCUT2D eigenvalue weighted by Crippen LogP contribution is 2.50. The molecule has 0 spiro atoms. The molecule has 9 rings (SSSR count). The SMILES string of the molecule is COC(=O)Cc1ccc(-c2c3ccccc3c(-c3ccc(CC(=O)OC)cc3)c3c(N(c4ccccc4)c4ccc(N(c5ccccc5)c5ccccc5)cc4)cccc23)cc1. The van der Waals surface area contributed by atoms with E-state index in [-0.39, 0.29) is 24.8 Å². The number of carbonyl (C=O) groups is 2. The molecule has 0 aromatic heterocycles. The van der Waals surface area contributed by atoms with E-state index < -0.39 is 0 Å². The molecular formula is C56H44N2O4. The molecule has 0 heterocycles. The van der Waals surface area contributed by atoms with Crippen molar-refractivity contribution in [1.29, 1.82) is 0 Å². The van der Waals surface area contributed by atoms with E-state index in [4.69, 9.17) is 9.47 Å². The highest BCUT2D eigenvalue weighted by atomic mass is 16.5. The van der Waals surface area contributed by atoms with Crippen LogP contribution >= 0.6 is 0 Å². The van der Waals surface area contributed by atoms with Crippen molar-refractivity contribution >= 4 is 67.6 Å². The van der Waals surface area contributed by atoms with Gasteiger partial charge in [0.1, 0.15) is 0 Å². The summed E-state index contributed by atoms with van der Waals surface area (Å²) >= 11 is 0. The standard InChI is InChI=1S/C56H44N2O4/c1-61-52(59)37-39-25-29-41(30-26-39)54-48-21-12-13-22-49(48)55(42-31-27-40(28-32-42)38-53(60)62-2)56-50(54)23-14-24-51(56)58(45-19-10-5-11-20-45)47-35-33-46(34-36-47)57(43-15-6-3-7-16-43)44-17-8-4-9-18-44/h3-36H,37-38H2,1-2H3. The number of ether oxygens (including phenoxy) is 2. The van der Waals surface area contributed by atoms with Gasteiger partial charge in [-0.1, -0.05) is 140 Å². The number of rotatable bonds is 12. The number of para-hydroxylation sites is 3. The summed E-state index contributed by atoms with van der Waals surface area (Å²) in [5.74, 6) is -0.555. The molecule has 0 saturated carbocycles. The maximum atomic E-state index is 12.3. The molecule has 62 heavy (non-hydrogen) atoms. The number of carbonyl (C=O) groups excluding carboxylic acids is 2. The minimum absolute atomic E-state index is 0.193. The fourth-order valence-electron chi connectivity index (χ4n) is 8.42. The predicted octanol–water partition coefficient (Wildman–Crippen LogP) is 13.7. The monoisotopic (exact) mass is 808 g/mol. The Morgan fingerprint density at radius 3 is 1.21 bits per heavy atom. The van der Waals surface area contributed by atoms with Crippen molar-refractivity contribution in [1.82, 2.24) is 0 Å². The van der Waals surface area contributed by atoms with Gasteiger partial charge in [0.25, 0.3) is 0 Å². The molecule has 6 nitrogen and oxygen atoms in total. The van der Waals surface area contributed by atoms with Crippen LogP contribution in [0, 0.1) is 0 Å². The van der Waals surface area contributed by atoms with Crippen molar-refractivity contribution in [3.05, 3.63) is 217 Å². The van der Waals surface area contributed by atoms with Gasteiger partial charge in [-0.15, -0.1) is 0 Å². The molecular weight excluding hydrogens is 765 g/mol. The number of hydrogen-bond acceptors (Lipinski definition) is 6. The maximum Gasteiger partial charge on any atom is 0.309 e. The summed E-state index contributed by atoms with van der Waals surface area (Å²) in [7, 11) is 2.83. The van der Waals surface area contributed by atoms with Crippen molar-refractivity contribution in [3.8, 4) is 22.3 Å². The van der Waals surface area contributed by atoms with E-state index in [9.17, 15) is 9.59 Å². The minimum Gasteiger partial charge on any atom is -0.469 e. The zero-order valence-corrected chi connectivity index (χ0v) is 34.6. The first-order chi connectivity index (χ1) is 30.5. The number of methoxy groups -OCH3 is 2. The van der Waals surface area contributed by atoms with Gasteiger partial charge >= 0.3 is 11.9 Å². The molecule has 0 aliphatic rings. The lowest BCUT2D eigenvalue weighted by Gasteiger charge is -2.30. The van der Waals surface area contributed by atoms with Crippen molar-refractivity contribution in [2.45, 2.75) is 12.8 Å². The lowest BCUT2D eigenvalue weighted by atomic mass is 9.84. The van der Waals surface area contributed by atoms with Gasteiger partial charge in [-0.2, -0.15) is 0 Å². The highest BCUT2D eigenvalue weighted by molar-refractivity contribution is 6.25. The topological polar surface area (TPSA) is 59.1 Å². The van der Waals surface area contributed by atoms with Crippen LogP contribution in [0.25, 0.3) is 43.8 Å². The first kappa shape index (κ1) is 39.5. The number of hydrogen-bond donors (Lipinski definition) is 0. The molecule has 9 aromatic rings. The Bertz CT molecular complexity index is 2950. The van der Waals surface area contributed by atoms with E-state index in [2.05, 4.69) is 174 Å². The summed E-state index contributed by atoms with van der Waals surface area (Å²) in [5, 5.41) is 4.34. The normalized spacial score (nSPS) is 11.0.